The number of rotatable bonds is 6. The van der Waals surface area contributed by atoms with E-state index in [4.69, 9.17) is 16.3 Å². The van der Waals surface area contributed by atoms with E-state index in [9.17, 15) is 18.3 Å². The highest BCUT2D eigenvalue weighted by atomic mass is 35.5. The summed E-state index contributed by atoms with van der Waals surface area (Å²) >= 11 is 5.82. The van der Waals surface area contributed by atoms with Crippen molar-refractivity contribution >= 4 is 11.6 Å². The summed E-state index contributed by atoms with van der Waals surface area (Å²) in [6.45, 7) is 1.24. The van der Waals surface area contributed by atoms with Crippen molar-refractivity contribution in [3.05, 3.63) is 22.7 Å². The molecule has 0 aliphatic rings. The van der Waals surface area contributed by atoms with E-state index in [-0.39, 0.29) is 23.1 Å². The SMILES string of the molecule is CCCN(Cc1cc(Cl)c(O)c(OC)c1)CC(F)(F)F. The van der Waals surface area contributed by atoms with Crippen LogP contribution >= 0.6 is 11.6 Å². The quantitative estimate of drug-likeness (QED) is 0.866. The third kappa shape index (κ3) is 5.09. The Kier molecular flexibility index (Phi) is 5.95. The second kappa shape index (κ2) is 7.04. The zero-order chi connectivity index (χ0) is 15.3. The van der Waals surface area contributed by atoms with Crippen LogP contribution < -0.4 is 4.74 Å². The fourth-order valence-electron chi connectivity index (χ4n) is 1.92. The van der Waals surface area contributed by atoms with Crippen LogP contribution in [0.1, 0.15) is 18.9 Å². The van der Waals surface area contributed by atoms with Crippen LogP contribution in [0, 0.1) is 0 Å². The van der Waals surface area contributed by atoms with Crippen molar-refractivity contribution in [2.45, 2.75) is 26.1 Å². The molecule has 1 N–H and O–H groups in total. The maximum absolute atomic E-state index is 12.5. The maximum atomic E-state index is 12.5. The van der Waals surface area contributed by atoms with Crippen molar-refractivity contribution in [2.75, 3.05) is 20.2 Å². The second-order valence-corrected chi connectivity index (χ2v) is 4.86. The van der Waals surface area contributed by atoms with Crippen LogP contribution in [-0.2, 0) is 6.54 Å². The third-order valence-electron chi connectivity index (χ3n) is 2.66. The van der Waals surface area contributed by atoms with Crippen LogP contribution in [0.2, 0.25) is 5.02 Å². The molecule has 0 fully saturated rings. The van der Waals surface area contributed by atoms with Crippen LogP contribution in [0.25, 0.3) is 0 Å². The largest absolute Gasteiger partial charge is 0.503 e. The maximum Gasteiger partial charge on any atom is 0.401 e. The average Bonchev–Trinajstić information content (AvgIpc) is 2.31. The zero-order valence-corrected chi connectivity index (χ0v) is 12.1. The Balaban J connectivity index is 2.90. The molecule has 0 saturated heterocycles. The van der Waals surface area contributed by atoms with Crippen molar-refractivity contribution in [3.63, 3.8) is 0 Å². The lowest BCUT2D eigenvalue weighted by Gasteiger charge is -2.23. The zero-order valence-electron chi connectivity index (χ0n) is 11.3. The molecule has 7 heteroatoms. The number of hydrogen-bond acceptors (Lipinski definition) is 3. The molecule has 0 heterocycles. The second-order valence-electron chi connectivity index (χ2n) is 4.45. The fourth-order valence-corrected chi connectivity index (χ4v) is 2.15. The monoisotopic (exact) mass is 311 g/mol. The van der Waals surface area contributed by atoms with Crippen molar-refractivity contribution in [2.24, 2.45) is 0 Å². The van der Waals surface area contributed by atoms with Crippen molar-refractivity contribution in [3.8, 4) is 11.5 Å². The molecule has 0 aliphatic carbocycles. The standard InChI is InChI=1S/C13H17ClF3NO2/c1-3-4-18(8-13(15,16)17)7-9-5-10(14)12(19)11(6-9)20-2/h5-6,19H,3-4,7-8H2,1-2H3. The highest BCUT2D eigenvalue weighted by Gasteiger charge is 2.30. The summed E-state index contributed by atoms with van der Waals surface area (Å²) < 4.78 is 42.4. The number of nitrogens with zero attached hydrogens (tertiary/aromatic N) is 1. The molecule has 0 atom stereocenters. The number of halogens is 4. The Labute approximate surface area is 120 Å². The van der Waals surface area contributed by atoms with Gasteiger partial charge in [-0.1, -0.05) is 18.5 Å². The number of benzene rings is 1. The first-order valence-corrected chi connectivity index (χ1v) is 6.49. The lowest BCUT2D eigenvalue weighted by molar-refractivity contribution is -0.147. The summed E-state index contributed by atoms with van der Waals surface area (Å²) in [6, 6.07) is 2.93. The van der Waals surface area contributed by atoms with E-state index in [0.29, 0.717) is 18.5 Å². The van der Waals surface area contributed by atoms with Gasteiger partial charge in [0.25, 0.3) is 0 Å². The Morgan fingerprint density at radius 2 is 2.00 bits per heavy atom. The van der Waals surface area contributed by atoms with Gasteiger partial charge in [0.1, 0.15) is 0 Å². The van der Waals surface area contributed by atoms with Gasteiger partial charge in [0.05, 0.1) is 18.7 Å². The van der Waals surface area contributed by atoms with E-state index in [2.05, 4.69) is 0 Å². The highest BCUT2D eigenvalue weighted by molar-refractivity contribution is 6.32. The van der Waals surface area contributed by atoms with Gasteiger partial charge in [-0.2, -0.15) is 13.2 Å². The van der Waals surface area contributed by atoms with Crippen LogP contribution in [-0.4, -0.2) is 36.4 Å². The predicted octanol–water partition coefficient (Wildman–Crippen LogP) is 3.83. The molecular formula is C13H17ClF3NO2. The molecule has 0 aromatic heterocycles. The molecule has 0 amide bonds. The van der Waals surface area contributed by atoms with Gasteiger partial charge in [0, 0.05) is 6.54 Å². The van der Waals surface area contributed by atoms with Gasteiger partial charge in [-0.05, 0) is 30.7 Å². The molecule has 0 saturated carbocycles. The van der Waals surface area contributed by atoms with Gasteiger partial charge >= 0.3 is 6.18 Å². The van der Waals surface area contributed by atoms with Crippen LogP contribution in [0.5, 0.6) is 11.5 Å². The molecule has 1 aromatic rings. The molecule has 0 radical (unpaired) electrons. The molecule has 114 valence electrons. The molecule has 0 aliphatic heterocycles. The lowest BCUT2D eigenvalue weighted by Crippen LogP contribution is -2.34. The van der Waals surface area contributed by atoms with Crippen molar-refractivity contribution < 1.29 is 23.0 Å². The normalized spacial score (nSPS) is 11.9. The van der Waals surface area contributed by atoms with E-state index in [1.807, 2.05) is 6.92 Å². The van der Waals surface area contributed by atoms with Gasteiger partial charge in [-0.3, -0.25) is 4.90 Å². The predicted molar refractivity (Wildman–Crippen MR) is 71.3 cm³/mol. The van der Waals surface area contributed by atoms with Gasteiger partial charge in [0.2, 0.25) is 0 Å². The third-order valence-corrected chi connectivity index (χ3v) is 2.95. The fraction of sp³-hybridized carbons (Fsp3) is 0.538. The molecule has 1 rings (SSSR count). The first kappa shape index (κ1) is 16.9. The van der Waals surface area contributed by atoms with Gasteiger partial charge in [0.15, 0.2) is 11.5 Å². The average molecular weight is 312 g/mol. The molecule has 0 unspecified atom stereocenters. The minimum Gasteiger partial charge on any atom is -0.503 e. The first-order chi connectivity index (χ1) is 9.26. The van der Waals surface area contributed by atoms with Gasteiger partial charge in [-0.25, -0.2) is 0 Å². The van der Waals surface area contributed by atoms with E-state index in [1.54, 1.807) is 0 Å². The smallest absolute Gasteiger partial charge is 0.401 e. The lowest BCUT2D eigenvalue weighted by atomic mass is 10.1. The van der Waals surface area contributed by atoms with E-state index >= 15 is 0 Å². The van der Waals surface area contributed by atoms with E-state index in [1.165, 1.54) is 24.1 Å². The summed E-state index contributed by atoms with van der Waals surface area (Å²) in [5.74, 6) is -0.0632. The van der Waals surface area contributed by atoms with Gasteiger partial charge < -0.3 is 9.84 Å². The minimum atomic E-state index is -4.25. The van der Waals surface area contributed by atoms with Gasteiger partial charge in [-0.15, -0.1) is 0 Å². The number of phenolic OH excluding ortho intramolecular Hbond substituents is 1. The molecule has 0 bridgehead atoms. The summed E-state index contributed by atoms with van der Waals surface area (Å²) in [7, 11) is 1.36. The van der Waals surface area contributed by atoms with Crippen molar-refractivity contribution in [1.29, 1.82) is 0 Å². The molecule has 3 nitrogen and oxygen atoms in total. The number of methoxy groups -OCH3 is 1. The van der Waals surface area contributed by atoms with E-state index in [0.717, 1.165) is 0 Å². The topological polar surface area (TPSA) is 32.7 Å². The van der Waals surface area contributed by atoms with Crippen LogP contribution in [0.3, 0.4) is 0 Å². The number of alkyl halides is 3. The Morgan fingerprint density at radius 1 is 1.35 bits per heavy atom. The van der Waals surface area contributed by atoms with Crippen LogP contribution in [0.4, 0.5) is 13.2 Å². The highest BCUT2D eigenvalue weighted by Crippen LogP contribution is 2.35. The van der Waals surface area contributed by atoms with Crippen LogP contribution in [0.15, 0.2) is 12.1 Å². The van der Waals surface area contributed by atoms with Crippen molar-refractivity contribution in [1.82, 2.24) is 4.90 Å². The summed E-state index contributed by atoms with van der Waals surface area (Å²) in [4.78, 5) is 1.28. The minimum absolute atomic E-state index is 0.0582. The Morgan fingerprint density at radius 3 is 2.50 bits per heavy atom. The number of phenols is 1. The summed E-state index contributed by atoms with van der Waals surface area (Å²) in [5.41, 5.74) is 0.558. The summed E-state index contributed by atoms with van der Waals surface area (Å²) in [5, 5.41) is 9.65. The van der Waals surface area contributed by atoms with E-state index < -0.39 is 12.7 Å². The first-order valence-electron chi connectivity index (χ1n) is 6.11. The number of hydrogen-bond donors (Lipinski definition) is 1. The molecule has 20 heavy (non-hydrogen) atoms. The summed E-state index contributed by atoms with van der Waals surface area (Å²) in [6.07, 6.45) is -3.64. The number of ether oxygens (including phenoxy) is 1. The number of aromatic hydroxyl groups is 1. The molecular weight excluding hydrogens is 295 g/mol. The Bertz CT molecular complexity index is 452. The molecule has 0 spiro atoms. The molecule has 1 aromatic carbocycles. The Hall–Kier alpha value is -1.14.